The van der Waals surface area contributed by atoms with Gasteiger partial charge in [0.05, 0.1) is 11.0 Å². The van der Waals surface area contributed by atoms with Crippen LogP contribution in [0.25, 0.3) is 0 Å². The highest BCUT2D eigenvalue weighted by molar-refractivity contribution is 5.61. The maximum atomic E-state index is 13.0. The number of phenolic OH excluding ortho intramolecular Hbond substituents is 1. The van der Waals surface area contributed by atoms with Gasteiger partial charge in [-0.1, -0.05) is 12.1 Å². The molecule has 2 aromatic rings. The van der Waals surface area contributed by atoms with E-state index in [9.17, 15) is 14.5 Å². The van der Waals surface area contributed by atoms with E-state index in [0.29, 0.717) is 13.0 Å². The van der Waals surface area contributed by atoms with Gasteiger partial charge < -0.3 is 10.4 Å². The summed E-state index contributed by atoms with van der Waals surface area (Å²) in [5.41, 5.74) is 0.992. The third-order valence-corrected chi connectivity index (χ3v) is 2.82. The minimum absolute atomic E-state index is 0.191. The minimum Gasteiger partial charge on any atom is -0.508 e. The molecule has 20 heavy (non-hydrogen) atoms. The smallest absolute Gasteiger partial charge is 0.295 e. The molecule has 0 aromatic heterocycles. The number of anilines is 1. The highest BCUT2D eigenvalue weighted by Gasteiger charge is 2.14. The Balaban J connectivity index is 2.00. The van der Waals surface area contributed by atoms with E-state index < -0.39 is 10.7 Å². The molecular formula is C14H13FN2O3. The molecule has 0 aliphatic heterocycles. The number of benzene rings is 2. The van der Waals surface area contributed by atoms with Gasteiger partial charge in [-0.25, -0.2) is 4.39 Å². The lowest BCUT2D eigenvalue weighted by Crippen LogP contribution is -2.07. The molecule has 5 nitrogen and oxygen atoms in total. The molecule has 0 fully saturated rings. The molecular weight excluding hydrogens is 263 g/mol. The molecule has 0 saturated heterocycles. The average molecular weight is 276 g/mol. The average Bonchev–Trinajstić information content (AvgIpc) is 2.42. The fourth-order valence-electron chi connectivity index (χ4n) is 1.81. The van der Waals surface area contributed by atoms with Crippen molar-refractivity contribution in [1.29, 1.82) is 0 Å². The van der Waals surface area contributed by atoms with E-state index >= 15 is 0 Å². The van der Waals surface area contributed by atoms with Crippen molar-refractivity contribution in [3.05, 3.63) is 64.0 Å². The number of rotatable bonds is 5. The van der Waals surface area contributed by atoms with Crippen LogP contribution in [0.2, 0.25) is 0 Å². The van der Waals surface area contributed by atoms with E-state index in [2.05, 4.69) is 5.32 Å². The molecule has 0 saturated carbocycles. The maximum Gasteiger partial charge on any atom is 0.295 e. The van der Waals surface area contributed by atoms with Crippen LogP contribution in [0.3, 0.4) is 0 Å². The van der Waals surface area contributed by atoms with Gasteiger partial charge in [0, 0.05) is 6.54 Å². The second kappa shape index (κ2) is 6.01. The summed E-state index contributed by atoms with van der Waals surface area (Å²) in [6.45, 7) is 0.469. The third kappa shape index (κ3) is 3.44. The Morgan fingerprint density at radius 2 is 1.90 bits per heavy atom. The number of hydrogen-bond donors (Lipinski definition) is 2. The van der Waals surface area contributed by atoms with Crippen molar-refractivity contribution in [3.63, 3.8) is 0 Å². The summed E-state index contributed by atoms with van der Waals surface area (Å²) in [4.78, 5) is 10.2. The van der Waals surface area contributed by atoms with Crippen LogP contribution in [0.5, 0.6) is 5.75 Å². The van der Waals surface area contributed by atoms with E-state index in [1.807, 2.05) is 0 Å². The zero-order valence-corrected chi connectivity index (χ0v) is 10.5. The fraction of sp³-hybridized carbons (Fsp3) is 0.143. The van der Waals surface area contributed by atoms with E-state index in [-0.39, 0.29) is 17.1 Å². The molecule has 0 aliphatic rings. The van der Waals surface area contributed by atoms with Crippen molar-refractivity contribution in [2.45, 2.75) is 6.42 Å². The number of nitrogens with zero attached hydrogens (tertiary/aromatic N) is 1. The summed E-state index contributed by atoms with van der Waals surface area (Å²) in [6, 6.07) is 10.1. The normalized spacial score (nSPS) is 10.2. The molecule has 6 heteroatoms. The first-order valence-electron chi connectivity index (χ1n) is 6.02. The Bertz CT molecular complexity index is 614. The monoisotopic (exact) mass is 276 g/mol. The van der Waals surface area contributed by atoms with Gasteiger partial charge >= 0.3 is 0 Å². The number of hydrogen-bond acceptors (Lipinski definition) is 4. The first kappa shape index (κ1) is 13.8. The zero-order valence-electron chi connectivity index (χ0n) is 10.5. The molecule has 0 aliphatic carbocycles. The number of nitro benzene ring substituents is 1. The van der Waals surface area contributed by atoms with Crippen LogP contribution in [-0.4, -0.2) is 16.6 Å². The van der Waals surface area contributed by atoms with Crippen molar-refractivity contribution in [1.82, 2.24) is 0 Å². The number of halogens is 1. The van der Waals surface area contributed by atoms with Crippen molar-refractivity contribution < 1.29 is 14.4 Å². The summed E-state index contributed by atoms with van der Waals surface area (Å²) < 4.78 is 13.0. The quantitative estimate of drug-likeness (QED) is 0.650. The topological polar surface area (TPSA) is 75.4 Å². The SMILES string of the molecule is O=[N+]([O-])c1cc(F)ccc1NCCc1ccc(O)cc1. The lowest BCUT2D eigenvalue weighted by Gasteiger charge is -2.07. The molecule has 0 heterocycles. The molecule has 2 N–H and O–H groups in total. The van der Waals surface area contributed by atoms with E-state index in [1.165, 1.54) is 12.1 Å². The molecule has 2 rings (SSSR count). The maximum absolute atomic E-state index is 13.0. The predicted molar refractivity (Wildman–Crippen MR) is 73.4 cm³/mol. The second-order valence-electron chi connectivity index (χ2n) is 4.26. The first-order chi connectivity index (χ1) is 9.56. The Morgan fingerprint density at radius 3 is 2.55 bits per heavy atom. The molecule has 0 radical (unpaired) electrons. The van der Waals surface area contributed by atoms with Crippen molar-refractivity contribution in [2.24, 2.45) is 0 Å². The Hall–Kier alpha value is -2.63. The van der Waals surface area contributed by atoms with Crippen molar-refractivity contribution >= 4 is 11.4 Å². The van der Waals surface area contributed by atoms with Crippen LogP contribution in [0.15, 0.2) is 42.5 Å². The van der Waals surface area contributed by atoms with Crippen LogP contribution in [-0.2, 0) is 6.42 Å². The van der Waals surface area contributed by atoms with Crippen LogP contribution >= 0.6 is 0 Å². The minimum atomic E-state index is -0.638. The Kier molecular flexibility index (Phi) is 4.14. The largest absolute Gasteiger partial charge is 0.508 e. The number of aromatic hydroxyl groups is 1. The Morgan fingerprint density at radius 1 is 1.20 bits per heavy atom. The van der Waals surface area contributed by atoms with Gasteiger partial charge in [-0.15, -0.1) is 0 Å². The summed E-state index contributed by atoms with van der Waals surface area (Å²) >= 11 is 0. The highest BCUT2D eigenvalue weighted by Crippen LogP contribution is 2.24. The van der Waals surface area contributed by atoms with Crippen LogP contribution in [0.4, 0.5) is 15.8 Å². The molecule has 0 bridgehead atoms. The van der Waals surface area contributed by atoms with Crippen LogP contribution in [0, 0.1) is 15.9 Å². The van der Waals surface area contributed by atoms with Gasteiger partial charge in [-0.3, -0.25) is 10.1 Å². The van der Waals surface area contributed by atoms with Gasteiger partial charge in [-0.05, 0) is 36.2 Å². The fourth-order valence-corrected chi connectivity index (χ4v) is 1.81. The van der Waals surface area contributed by atoms with Gasteiger partial charge in [0.25, 0.3) is 5.69 Å². The summed E-state index contributed by atoms with van der Waals surface area (Å²) in [5, 5.41) is 22.9. The van der Waals surface area contributed by atoms with Crippen molar-refractivity contribution in [3.8, 4) is 5.75 Å². The standard InChI is InChI=1S/C14H13FN2O3/c15-11-3-6-13(14(9-11)17(19)20)16-8-7-10-1-4-12(18)5-2-10/h1-6,9,16,18H,7-8H2. The first-order valence-corrected chi connectivity index (χ1v) is 6.02. The molecule has 0 unspecified atom stereocenters. The van der Waals surface area contributed by atoms with Gasteiger partial charge in [-0.2, -0.15) is 0 Å². The summed E-state index contributed by atoms with van der Waals surface area (Å²) in [7, 11) is 0. The summed E-state index contributed by atoms with van der Waals surface area (Å²) in [5.74, 6) is -0.448. The number of nitrogens with one attached hydrogen (secondary N) is 1. The van der Waals surface area contributed by atoms with E-state index in [4.69, 9.17) is 5.11 Å². The molecule has 104 valence electrons. The van der Waals surface area contributed by atoms with Gasteiger partial charge in [0.15, 0.2) is 0 Å². The third-order valence-electron chi connectivity index (χ3n) is 2.82. The highest BCUT2D eigenvalue weighted by atomic mass is 19.1. The van der Waals surface area contributed by atoms with Gasteiger partial charge in [0.2, 0.25) is 0 Å². The van der Waals surface area contributed by atoms with Gasteiger partial charge in [0.1, 0.15) is 17.3 Å². The molecule has 2 aromatic carbocycles. The lowest BCUT2D eigenvalue weighted by atomic mass is 10.1. The molecule has 0 spiro atoms. The Labute approximate surface area is 114 Å². The van der Waals surface area contributed by atoms with E-state index in [0.717, 1.165) is 11.6 Å². The molecule has 0 amide bonds. The zero-order chi connectivity index (χ0) is 14.5. The van der Waals surface area contributed by atoms with Crippen molar-refractivity contribution in [2.75, 3.05) is 11.9 Å². The number of phenols is 1. The predicted octanol–water partition coefficient (Wildman–Crippen LogP) is 3.09. The lowest BCUT2D eigenvalue weighted by molar-refractivity contribution is -0.384. The number of nitro groups is 1. The van der Waals surface area contributed by atoms with Crippen LogP contribution in [0.1, 0.15) is 5.56 Å². The second-order valence-corrected chi connectivity index (χ2v) is 4.26. The van der Waals surface area contributed by atoms with E-state index in [1.54, 1.807) is 24.3 Å². The molecule has 0 atom stereocenters. The summed E-state index contributed by atoms with van der Waals surface area (Å²) in [6.07, 6.45) is 0.634. The van der Waals surface area contributed by atoms with Crippen LogP contribution < -0.4 is 5.32 Å².